The fourth-order valence-corrected chi connectivity index (χ4v) is 4.13. The smallest absolute Gasteiger partial charge is 0.251 e. The topological polar surface area (TPSA) is 32.3 Å². The lowest BCUT2D eigenvalue weighted by Gasteiger charge is -2.21. The third-order valence-corrected chi connectivity index (χ3v) is 6.29. The molecule has 156 valence electrons. The molecule has 3 aromatic carbocycles. The predicted octanol–water partition coefficient (Wildman–Crippen LogP) is 6.41. The average molecular weight is 439 g/mol. The molecular weight excluding hydrogens is 412 g/mol. The summed E-state index contributed by atoms with van der Waals surface area (Å²) in [5.74, 6) is 0.794. The minimum Gasteiger partial charge on any atom is -0.372 e. The highest BCUT2D eigenvalue weighted by atomic mass is 35.5. The number of thioether (sulfide) groups is 1. The number of halogens is 1. The van der Waals surface area contributed by atoms with E-state index < -0.39 is 0 Å². The lowest BCUT2D eigenvalue weighted by atomic mass is 10.1. The Balaban J connectivity index is 1.50. The van der Waals surface area contributed by atoms with E-state index in [1.165, 1.54) is 16.1 Å². The van der Waals surface area contributed by atoms with E-state index in [9.17, 15) is 4.79 Å². The molecule has 3 aromatic rings. The van der Waals surface area contributed by atoms with Gasteiger partial charge in [0, 0.05) is 46.6 Å². The van der Waals surface area contributed by atoms with Crippen LogP contribution in [0.5, 0.6) is 0 Å². The first-order chi connectivity index (χ1) is 14.6. The maximum absolute atomic E-state index is 12.5. The molecular formula is C25H27ClN2OS. The normalized spacial score (nSPS) is 10.6. The van der Waals surface area contributed by atoms with Crippen LogP contribution in [0.15, 0.2) is 77.7 Å². The van der Waals surface area contributed by atoms with Crippen LogP contribution in [0.1, 0.15) is 35.3 Å². The quantitative estimate of drug-likeness (QED) is 0.392. The van der Waals surface area contributed by atoms with Gasteiger partial charge in [0.25, 0.3) is 5.91 Å². The van der Waals surface area contributed by atoms with Gasteiger partial charge in [0.05, 0.1) is 0 Å². The monoisotopic (exact) mass is 438 g/mol. The van der Waals surface area contributed by atoms with Crippen molar-refractivity contribution in [1.82, 2.24) is 5.32 Å². The first-order valence-electron chi connectivity index (χ1n) is 10.2. The summed E-state index contributed by atoms with van der Waals surface area (Å²) in [6.45, 7) is 6.80. The highest BCUT2D eigenvalue weighted by molar-refractivity contribution is 7.98. The second-order valence-electron chi connectivity index (χ2n) is 6.96. The molecule has 0 atom stereocenters. The molecule has 0 aromatic heterocycles. The molecule has 5 heteroatoms. The molecule has 0 heterocycles. The molecule has 1 N–H and O–H groups in total. The summed E-state index contributed by atoms with van der Waals surface area (Å²) in [6.07, 6.45) is 0. The molecule has 0 saturated carbocycles. The summed E-state index contributed by atoms with van der Waals surface area (Å²) in [5, 5.41) is 3.75. The van der Waals surface area contributed by atoms with Crippen LogP contribution in [-0.4, -0.2) is 19.0 Å². The number of benzene rings is 3. The molecule has 0 saturated heterocycles. The van der Waals surface area contributed by atoms with E-state index in [4.69, 9.17) is 11.6 Å². The van der Waals surface area contributed by atoms with Crippen LogP contribution in [0.25, 0.3) is 0 Å². The summed E-state index contributed by atoms with van der Waals surface area (Å²) < 4.78 is 0. The number of carbonyl (C=O) groups excluding carboxylic acids is 1. The van der Waals surface area contributed by atoms with E-state index in [-0.39, 0.29) is 5.91 Å². The Hall–Kier alpha value is -2.43. The summed E-state index contributed by atoms with van der Waals surface area (Å²) >= 11 is 7.67. The number of carbonyl (C=O) groups is 1. The maximum atomic E-state index is 12.5. The van der Waals surface area contributed by atoms with Crippen molar-refractivity contribution in [2.45, 2.75) is 31.0 Å². The summed E-state index contributed by atoms with van der Waals surface area (Å²) in [4.78, 5) is 15.9. The number of nitrogens with zero attached hydrogens (tertiary/aromatic N) is 1. The minimum atomic E-state index is -0.0558. The van der Waals surface area contributed by atoms with Gasteiger partial charge in [0.2, 0.25) is 0 Å². The van der Waals surface area contributed by atoms with Gasteiger partial charge >= 0.3 is 0 Å². The molecule has 0 aliphatic rings. The Labute approximate surface area is 188 Å². The van der Waals surface area contributed by atoms with Gasteiger partial charge < -0.3 is 10.2 Å². The van der Waals surface area contributed by atoms with Crippen molar-refractivity contribution in [3.63, 3.8) is 0 Å². The molecule has 0 spiro atoms. The third-order valence-electron chi connectivity index (χ3n) is 4.95. The zero-order chi connectivity index (χ0) is 21.3. The number of nitrogens with one attached hydrogen (secondary N) is 1. The maximum Gasteiger partial charge on any atom is 0.251 e. The van der Waals surface area contributed by atoms with Crippen LogP contribution in [0.2, 0.25) is 5.02 Å². The van der Waals surface area contributed by atoms with Crippen molar-refractivity contribution in [2.75, 3.05) is 18.0 Å². The van der Waals surface area contributed by atoms with Gasteiger partial charge in [0.15, 0.2) is 0 Å². The van der Waals surface area contributed by atoms with Crippen LogP contribution in [0, 0.1) is 0 Å². The van der Waals surface area contributed by atoms with E-state index in [0.29, 0.717) is 12.1 Å². The van der Waals surface area contributed by atoms with E-state index in [0.717, 1.165) is 29.4 Å². The Morgan fingerprint density at radius 1 is 0.867 bits per heavy atom. The van der Waals surface area contributed by atoms with Crippen molar-refractivity contribution in [1.29, 1.82) is 0 Å². The second kappa shape index (κ2) is 11.1. The Bertz CT molecular complexity index is 936. The molecule has 30 heavy (non-hydrogen) atoms. The Morgan fingerprint density at radius 2 is 1.47 bits per heavy atom. The number of anilines is 1. The van der Waals surface area contributed by atoms with E-state index in [1.807, 2.05) is 48.5 Å². The Morgan fingerprint density at radius 3 is 2.07 bits per heavy atom. The van der Waals surface area contributed by atoms with Gasteiger partial charge in [0.1, 0.15) is 0 Å². The third kappa shape index (κ3) is 6.28. The Kier molecular flexibility index (Phi) is 8.23. The highest BCUT2D eigenvalue weighted by Gasteiger charge is 2.07. The summed E-state index contributed by atoms with van der Waals surface area (Å²) in [7, 11) is 0. The number of hydrogen-bond donors (Lipinski definition) is 1. The fourth-order valence-electron chi connectivity index (χ4n) is 3.15. The first-order valence-corrected chi connectivity index (χ1v) is 11.5. The van der Waals surface area contributed by atoms with Gasteiger partial charge in [-0.3, -0.25) is 4.79 Å². The average Bonchev–Trinajstić information content (AvgIpc) is 2.79. The molecule has 0 unspecified atom stereocenters. The zero-order valence-electron chi connectivity index (χ0n) is 17.4. The molecule has 0 fully saturated rings. The standard InChI is InChI=1S/C25H27ClN2OS/c1-3-28(4-2)23-13-7-19(8-14-23)17-27-25(29)21-9-5-20(6-10-21)18-30-24-15-11-22(26)12-16-24/h5-16H,3-4,17-18H2,1-2H3,(H,27,29). The number of amides is 1. The predicted molar refractivity (Wildman–Crippen MR) is 129 cm³/mol. The second-order valence-corrected chi connectivity index (χ2v) is 8.45. The lowest BCUT2D eigenvalue weighted by molar-refractivity contribution is 0.0951. The van der Waals surface area contributed by atoms with E-state index >= 15 is 0 Å². The highest BCUT2D eigenvalue weighted by Crippen LogP contribution is 2.24. The van der Waals surface area contributed by atoms with Crippen LogP contribution >= 0.6 is 23.4 Å². The van der Waals surface area contributed by atoms with Crippen molar-refractivity contribution >= 4 is 35.0 Å². The van der Waals surface area contributed by atoms with E-state index in [2.05, 4.69) is 48.3 Å². The molecule has 3 nitrogen and oxygen atoms in total. The van der Waals surface area contributed by atoms with Crippen LogP contribution < -0.4 is 10.2 Å². The SMILES string of the molecule is CCN(CC)c1ccc(CNC(=O)c2ccc(CSc3ccc(Cl)cc3)cc2)cc1. The van der Waals surface area contributed by atoms with E-state index in [1.54, 1.807) is 11.8 Å². The van der Waals surface area contributed by atoms with Crippen molar-refractivity contribution in [2.24, 2.45) is 0 Å². The van der Waals surface area contributed by atoms with Crippen molar-refractivity contribution in [3.05, 3.63) is 94.5 Å². The van der Waals surface area contributed by atoms with Gasteiger partial charge in [-0.25, -0.2) is 0 Å². The zero-order valence-corrected chi connectivity index (χ0v) is 19.0. The fraction of sp³-hybridized carbons (Fsp3) is 0.240. The minimum absolute atomic E-state index is 0.0558. The molecule has 3 rings (SSSR count). The van der Waals surface area contributed by atoms with Gasteiger partial charge in [-0.05, 0) is 73.5 Å². The van der Waals surface area contributed by atoms with Gasteiger partial charge in [-0.15, -0.1) is 11.8 Å². The van der Waals surface area contributed by atoms with Crippen LogP contribution in [0.3, 0.4) is 0 Å². The molecule has 1 amide bonds. The molecule has 0 radical (unpaired) electrons. The largest absolute Gasteiger partial charge is 0.372 e. The van der Waals surface area contributed by atoms with Crippen LogP contribution in [-0.2, 0) is 12.3 Å². The van der Waals surface area contributed by atoms with Crippen LogP contribution in [0.4, 0.5) is 5.69 Å². The molecule has 0 bridgehead atoms. The lowest BCUT2D eigenvalue weighted by Crippen LogP contribution is -2.23. The first kappa shape index (κ1) is 22.3. The van der Waals surface area contributed by atoms with Gasteiger partial charge in [-0.2, -0.15) is 0 Å². The van der Waals surface area contributed by atoms with Crippen molar-refractivity contribution < 1.29 is 4.79 Å². The summed E-state index contributed by atoms with van der Waals surface area (Å²) in [6, 6.07) is 24.0. The number of rotatable bonds is 9. The number of hydrogen-bond acceptors (Lipinski definition) is 3. The summed E-state index contributed by atoms with van der Waals surface area (Å²) in [5.41, 5.74) is 4.16. The molecule has 0 aliphatic carbocycles. The van der Waals surface area contributed by atoms with Crippen molar-refractivity contribution in [3.8, 4) is 0 Å². The van der Waals surface area contributed by atoms with Gasteiger partial charge in [-0.1, -0.05) is 35.9 Å². The molecule has 0 aliphatic heterocycles.